The molecule has 0 bridgehead atoms. The summed E-state index contributed by atoms with van der Waals surface area (Å²) in [7, 11) is -3.33. The minimum atomic E-state index is -3.33. The van der Waals surface area contributed by atoms with Gasteiger partial charge in [0.15, 0.2) is 5.79 Å². The first kappa shape index (κ1) is 15.7. The Morgan fingerprint density at radius 1 is 1.30 bits per heavy atom. The van der Waals surface area contributed by atoms with E-state index >= 15 is 0 Å². The minimum absolute atomic E-state index is 0.0164. The van der Waals surface area contributed by atoms with E-state index in [9.17, 15) is 8.42 Å². The van der Waals surface area contributed by atoms with Crippen molar-refractivity contribution in [3.63, 3.8) is 0 Å². The van der Waals surface area contributed by atoms with Crippen molar-refractivity contribution in [2.45, 2.75) is 51.1 Å². The third-order valence-electron chi connectivity index (χ3n) is 3.26. The maximum Gasteiger partial charge on any atom is 0.264 e. The third kappa shape index (κ3) is 4.41. The smallest absolute Gasteiger partial charge is 0.264 e. The first-order valence-electron chi connectivity index (χ1n) is 6.84. The van der Waals surface area contributed by atoms with E-state index in [1.807, 2.05) is 26.0 Å². The highest BCUT2D eigenvalue weighted by Crippen LogP contribution is 2.36. The van der Waals surface area contributed by atoms with E-state index in [1.165, 1.54) is 5.57 Å². The van der Waals surface area contributed by atoms with Crippen LogP contribution >= 0.6 is 0 Å². The van der Waals surface area contributed by atoms with Gasteiger partial charge in [-0.3, -0.25) is 4.18 Å². The van der Waals surface area contributed by atoms with Crippen LogP contribution in [0, 0.1) is 0 Å². The zero-order chi connectivity index (χ0) is 14.8. The van der Waals surface area contributed by atoms with Gasteiger partial charge < -0.3 is 9.47 Å². The van der Waals surface area contributed by atoms with Crippen LogP contribution in [-0.2, 0) is 23.8 Å². The predicted octanol–water partition coefficient (Wildman–Crippen LogP) is 2.15. The molecule has 1 heterocycles. The number of rotatable bonds is 6. The van der Waals surface area contributed by atoms with E-state index in [0.717, 1.165) is 19.1 Å². The summed E-state index contributed by atoms with van der Waals surface area (Å²) in [5.41, 5.74) is 1.20. The van der Waals surface area contributed by atoms with Crippen LogP contribution in [0.15, 0.2) is 23.8 Å². The third-order valence-corrected chi connectivity index (χ3v) is 3.86. The molecule has 0 aromatic carbocycles. The predicted molar refractivity (Wildman–Crippen MR) is 75.7 cm³/mol. The monoisotopic (exact) mass is 302 g/mol. The fraction of sp³-hybridized carbons (Fsp3) is 0.714. The molecule has 20 heavy (non-hydrogen) atoms. The molecule has 1 saturated heterocycles. The van der Waals surface area contributed by atoms with Crippen molar-refractivity contribution in [2.75, 3.05) is 12.9 Å². The van der Waals surface area contributed by atoms with Crippen molar-refractivity contribution in [1.82, 2.24) is 0 Å². The zero-order valence-electron chi connectivity index (χ0n) is 12.2. The summed E-state index contributed by atoms with van der Waals surface area (Å²) in [6.07, 6.45) is 9.52. The molecule has 0 aromatic rings. The highest BCUT2D eigenvalue weighted by Gasteiger charge is 2.42. The molecule has 0 unspecified atom stereocenters. The van der Waals surface area contributed by atoms with Gasteiger partial charge in [0.1, 0.15) is 12.2 Å². The molecule has 0 saturated carbocycles. The number of allylic oxidation sites excluding steroid dienone is 2. The molecule has 2 atom stereocenters. The molecule has 0 aromatic heterocycles. The van der Waals surface area contributed by atoms with Gasteiger partial charge in [-0.2, -0.15) is 8.42 Å². The normalized spacial score (nSPS) is 28.2. The summed E-state index contributed by atoms with van der Waals surface area (Å²) in [6.45, 7) is 4.06. The number of hydrogen-bond donors (Lipinski definition) is 0. The first-order valence-corrected chi connectivity index (χ1v) is 8.66. The molecule has 0 spiro atoms. The maximum atomic E-state index is 10.8. The highest BCUT2D eigenvalue weighted by atomic mass is 32.2. The lowest BCUT2D eigenvalue weighted by atomic mass is 9.95. The SMILES string of the molecule is CC1(C)O[C@H]2C=CC=C(CCCCOS(C)(=O)=O)[C@H]2O1. The van der Waals surface area contributed by atoms with E-state index in [4.69, 9.17) is 13.7 Å². The second-order valence-electron chi connectivity index (χ2n) is 5.63. The van der Waals surface area contributed by atoms with Crippen molar-refractivity contribution in [1.29, 1.82) is 0 Å². The summed E-state index contributed by atoms with van der Waals surface area (Å²) < 4.78 is 38.1. The van der Waals surface area contributed by atoms with Gasteiger partial charge in [0.25, 0.3) is 10.1 Å². The van der Waals surface area contributed by atoms with Gasteiger partial charge in [-0.25, -0.2) is 0 Å². The van der Waals surface area contributed by atoms with Crippen LogP contribution in [-0.4, -0.2) is 39.3 Å². The van der Waals surface area contributed by atoms with Crippen LogP contribution in [0.4, 0.5) is 0 Å². The van der Waals surface area contributed by atoms with E-state index < -0.39 is 15.9 Å². The summed E-state index contributed by atoms with van der Waals surface area (Å²) in [4.78, 5) is 0. The van der Waals surface area contributed by atoms with Gasteiger partial charge in [0.05, 0.1) is 12.9 Å². The Morgan fingerprint density at radius 2 is 2.05 bits per heavy atom. The van der Waals surface area contributed by atoms with Crippen molar-refractivity contribution >= 4 is 10.1 Å². The van der Waals surface area contributed by atoms with Crippen LogP contribution in [0.1, 0.15) is 33.1 Å². The van der Waals surface area contributed by atoms with Crippen molar-refractivity contribution in [3.05, 3.63) is 23.8 Å². The second-order valence-corrected chi connectivity index (χ2v) is 7.27. The lowest BCUT2D eigenvalue weighted by Gasteiger charge is -2.21. The van der Waals surface area contributed by atoms with Crippen LogP contribution < -0.4 is 0 Å². The first-order chi connectivity index (χ1) is 9.27. The Labute approximate surface area is 120 Å². The number of unbranched alkanes of at least 4 members (excludes halogenated alkanes) is 1. The molecular formula is C14H22O5S. The van der Waals surface area contributed by atoms with Gasteiger partial charge in [-0.15, -0.1) is 0 Å². The molecule has 1 fully saturated rings. The fourth-order valence-electron chi connectivity index (χ4n) is 2.47. The van der Waals surface area contributed by atoms with Gasteiger partial charge in [-0.1, -0.05) is 18.2 Å². The van der Waals surface area contributed by atoms with Gasteiger partial charge >= 0.3 is 0 Å². The van der Waals surface area contributed by atoms with Crippen LogP contribution in [0.5, 0.6) is 0 Å². The summed E-state index contributed by atoms with van der Waals surface area (Å²) in [5, 5.41) is 0. The molecule has 6 heteroatoms. The average molecular weight is 302 g/mol. The molecule has 114 valence electrons. The van der Waals surface area contributed by atoms with E-state index in [1.54, 1.807) is 0 Å². The number of fused-ring (bicyclic) bond motifs is 1. The Balaban J connectivity index is 1.79. The summed E-state index contributed by atoms with van der Waals surface area (Å²) in [5.74, 6) is -0.553. The lowest BCUT2D eigenvalue weighted by molar-refractivity contribution is -0.139. The quantitative estimate of drug-likeness (QED) is 0.556. The Morgan fingerprint density at radius 3 is 2.75 bits per heavy atom. The zero-order valence-corrected chi connectivity index (χ0v) is 13.0. The molecular weight excluding hydrogens is 280 g/mol. The standard InChI is InChI=1S/C14H22O5S/c1-14(2)18-12-9-6-8-11(13(12)19-14)7-4-5-10-17-20(3,15)16/h6,8-9,12-13H,4-5,7,10H2,1-3H3/t12-,13+/m0/s1. The van der Waals surface area contributed by atoms with Gasteiger partial charge in [-0.05, 0) is 38.7 Å². The maximum absolute atomic E-state index is 10.8. The number of ether oxygens (including phenoxy) is 2. The van der Waals surface area contributed by atoms with E-state index in [2.05, 4.69) is 6.08 Å². The lowest BCUT2D eigenvalue weighted by Crippen LogP contribution is -2.25. The molecule has 1 aliphatic carbocycles. The average Bonchev–Trinajstić information content (AvgIpc) is 2.62. The van der Waals surface area contributed by atoms with E-state index in [-0.39, 0.29) is 18.8 Å². The largest absolute Gasteiger partial charge is 0.340 e. The highest BCUT2D eigenvalue weighted by molar-refractivity contribution is 7.85. The molecule has 0 amide bonds. The van der Waals surface area contributed by atoms with Gasteiger partial charge in [0.2, 0.25) is 0 Å². The molecule has 2 rings (SSSR count). The molecule has 0 N–H and O–H groups in total. The summed E-state index contributed by atoms with van der Waals surface area (Å²) >= 11 is 0. The van der Waals surface area contributed by atoms with Crippen molar-refractivity contribution in [2.24, 2.45) is 0 Å². The van der Waals surface area contributed by atoms with E-state index in [0.29, 0.717) is 6.42 Å². The summed E-state index contributed by atoms with van der Waals surface area (Å²) in [6, 6.07) is 0. The van der Waals surface area contributed by atoms with Crippen LogP contribution in [0.2, 0.25) is 0 Å². The Hall–Kier alpha value is -0.690. The Kier molecular flexibility index (Phi) is 4.69. The molecule has 1 aliphatic heterocycles. The minimum Gasteiger partial charge on any atom is -0.340 e. The van der Waals surface area contributed by atoms with Crippen molar-refractivity contribution in [3.8, 4) is 0 Å². The van der Waals surface area contributed by atoms with Crippen LogP contribution in [0.25, 0.3) is 0 Å². The van der Waals surface area contributed by atoms with Gasteiger partial charge in [0, 0.05) is 0 Å². The molecule has 5 nitrogen and oxygen atoms in total. The van der Waals surface area contributed by atoms with Crippen LogP contribution in [0.3, 0.4) is 0 Å². The number of hydrogen-bond acceptors (Lipinski definition) is 5. The Bertz CT molecular complexity index is 504. The fourth-order valence-corrected chi connectivity index (χ4v) is 2.89. The van der Waals surface area contributed by atoms with Crippen molar-refractivity contribution < 1.29 is 22.1 Å². The molecule has 0 radical (unpaired) electrons. The molecule has 2 aliphatic rings. The second kappa shape index (κ2) is 5.97. The topological polar surface area (TPSA) is 61.8 Å².